The van der Waals surface area contributed by atoms with Crippen LogP contribution in [0.4, 0.5) is 5.69 Å². The lowest BCUT2D eigenvalue weighted by molar-refractivity contribution is 0.0739. The maximum Gasteiger partial charge on any atom is 0.254 e. The molecule has 1 aromatic carbocycles. The van der Waals surface area contributed by atoms with Crippen molar-refractivity contribution in [3.63, 3.8) is 0 Å². The second-order valence-corrected chi connectivity index (χ2v) is 8.25. The van der Waals surface area contributed by atoms with Gasteiger partial charge in [-0.15, -0.1) is 0 Å². The van der Waals surface area contributed by atoms with Crippen LogP contribution in [0.1, 0.15) is 56.0 Å². The van der Waals surface area contributed by atoms with Gasteiger partial charge in [0.25, 0.3) is 5.91 Å². The summed E-state index contributed by atoms with van der Waals surface area (Å²) in [6, 6.07) is 7.64. The number of likely N-dealkylation sites (N-methyl/N-ethyl adjacent to an activating group) is 1. The van der Waals surface area contributed by atoms with Crippen molar-refractivity contribution in [1.29, 1.82) is 0 Å². The number of hydrogen-bond acceptors (Lipinski definition) is 3. The highest BCUT2D eigenvalue weighted by Gasteiger charge is 2.36. The van der Waals surface area contributed by atoms with Crippen LogP contribution >= 0.6 is 0 Å². The maximum atomic E-state index is 13.2. The Kier molecular flexibility index (Phi) is 5.38. The van der Waals surface area contributed by atoms with E-state index in [1.54, 1.807) is 0 Å². The summed E-state index contributed by atoms with van der Waals surface area (Å²) in [6.45, 7) is 10.4. The van der Waals surface area contributed by atoms with Crippen molar-refractivity contribution in [1.82, 2.24) is 9.80 Å². The molecule has 4 heteroatoms. The number of amides is 1. The Morgan fingerprint density at radius 2 is 1.88 bits per heavy atom. The Morgan fingerprint density at radius 3 is 2.60 bits per heavy atom. The van der Waals surface area contributed by atoms with E-state index in [-0.39, 0.29) is 5.91 Å². The van der Waals surface area contributed by atoms with Crippen LogP contribution in [0.2, 0.25) is 0 Å². The van der Waals surface area contributed by atoms with Crippen LogP contribution in [0.3, 0.4) is 0 Å². The summed E-state index contributed by atoms with van der Waals surface area (Å²) in [4.78, 5) is 17.8. The van der Waals surface area contributed by atoms with E-state index in [4.69, 9.17) is 0 Å². The van der Waals surface area contributed by atoms with Crippen LogP contribution in [-0.4, -0.2) is 54.0 Å². The van der Waals surface area contributed by atoms with Crippen molar-refractivity contribution < 1.29 is 4.79 Å². The van der Waals surface area contributed by atoms with Crippen molar-refractivity contribution in [2.45, 2.75) is 65.1 Å². The fourth-order valence-electron chi connectivity index (χ4n) is 4.10. The van der Waals surface area contributed by atoms with E-state index in [2.05, 4.69) is 55.9 Å². The number of carbonyl (C=O) groups excluding carboxylic acids is 1. The SMILES string of the molecule is Cc1c(N[C@@H](C)C(C)C)cccc1C(=O)N1CC[C@H]2CC[C@@H](C1)N2C. The summed E-state index contributed by atoms with van der Waals surface area (Å²) in [5.74, 6) is 0.745. The molecule has 138 valence electrons. The predicted molar refractivity (Wildman–Crippen MR) is 104 cm³/mol. The number of fused-ring (bicyclic) bond motifs is 2. The molecule has 3 rings (SSSR count). The Balaban J connectivity index is 1.78. The van der Waals surface area contributed by atoms with Gasteiger partial charge in [-0.25, -0.2) is 0 Å². The van der Waals surface area contributed by atoms with E-state index in [9.17, 15) is 4.79 Å². The fourth-order valence-corrected chi connectivity index (χ4v) is 4.10. The predicted octanol–water partition coefficient (Wildman–Crippen LogP) is 3.76. The van der Waals surface area contributed by atoms with Crippen LogP contribution < -0.4 is 5.32 Å². The number of hydrogen-bond donors (Lipinski definition) is 1. The molecule has 2 heterocycles. The first-order chi connectivity index (χ1) is 11.9. The van der Waals surface area contributed by atoms with E-state index in [1.807, 2.05) is 12.1 Å². The standard InChI is InChI=1S/C21H33N3O/c1-14(2)16(4)22-20-8-6-7-19(15(20)3)21(25)24-12-11-17-9-10-18(13-24)23(17)5/h6-8,14,16-18,22H,9-13H2,1-5H3/t16-,17+,18-/m0/s1. The minimum atomic E-state index is 0.194. The maximum absolute atomic E-state index is 13.2. The quantitative estimate of drug-likeness (QED) is 0.904. The van der Waals surface area contributed by atoms with Gasteiger partial charge in [-0.3, -0.25) is 9.69 Å². The lowest BCUT2D eigenvalue weighted by atomic mass is 10.0. The highest BCUT2D eigenvalue weighted by molar-refractivity contribution is 5.97. The lowest BCUT2D eigenvalue weighted by Crippen LogP contribution is -2.40. The first-order valence-corrected chi connectivity index (χ1v) is 9.75. The Bertz CT molecular complexity index is 628. The lowest BCUT2D eigenvalue weighted by Gasteiger charge is -2.27. The van der Waals surface area contributed by atoms with Crippen molar-refractivity contribution in [2.24, 2.45) is 5.92 Å². The zero-order chi connectivity index (χ0) is 18.1. The molecule has 2 aliphatic rings. The topological polar surface area (TPSA) is 35.6 Å². The van der Waals surface area contributed by atoms with Gasteiger partial charge < -0.3 is 10.2 Å². The number of nitrogens with one attached hydrogen (secondary N) is 1. The molecule has 1 amide bonds. The highest BCUT2D eigenvalue weighted by Crippen LogP contribution is 2.30. The molecule has 2 aliphatic heterocycles. The van der Waals surface area contributed by atoms with Crippen molar-refractivity contribution >= 4 is 11.6 Å². The molecule has 4 nitrogen and oxygen atoms in total. The third-order valence-electron chi connectivity index (χ3n) is 6.38. The third kappa shape index (κ3) is 3.69. The van der Waals surface area contributed by atoms with Gasteiger partial charge in [0.15, 0.2) is 0 Å². The van der Waals surface area contributed by atoms with E-state index in [0.717, 1.165) is 36.3 Å². The number of anilines is 1. The van der Waals surface area contributed by atoms with Gasteiger partial charge in [-0.05, 0) is 63.8 Å². The Hall–Kier alpha value is -1.55. The molecular weight excluding hydrogens is 310 g/mol. The molecule has 0 spiro atoms. The molecule has 2 bridgehead atoms. The molecule has 2 fully saturated rings. The van der Waals surface area contributed by atoms with E-state index >= 15 is 0 Å². The van der Waals surface area contributed by atoms with Gasteiger partial charge in [0, 0.05) is 42.5 Å². The zero-order valence-corrected chi connectivity index (χ0v) is 16.4. The largest absolute Gasteiger partial charge is 0.382 e. The molecule has 0 aliphatic carbocycles. The van der Waals surface area contributed by atoms with Crippen molar-refractivity contribution in [3.05, 3.63) is 29.3 Å². The molecule has 0 unspecified atom stereocenters. The number of rotatable bonds is 4. The summed E-state index contributed by atoms with van der Waals surface area (Å²) in [6.07, 6.45) is 3.60. The molecule has 25 heavy (non-hydrogen) atoms. The van der Waals surface area contributed by atoms with Crippen molar-refractivity contribution in [3.8, 4) is 0 Å². The van der Waals surface area contributed by atoms with E-state index in [0.29, 0.717) is 24.0 Å². The smallest absolute Gasteiger partial charge is 0.254 e. The van der Waals surface area contributed by atoms with E-state index < -0.39 is 0 Å². The summed E-state index contributed by atoms with van der Waals surface area (Å²) in [5, 5.41) is 3.58. The minimum absolute atomic E-state index is 0.194. The molecule has 0 saturated carbocycles. The van der Waals surface area contributed by atoms with Gasteiger partial charge in [0.05, 0.1) is 0 Å². The fraction of sp³-hybridized carbons (Fsp3) is 0.667. The highest BCUT2D eigenvalue weighted by atomic mass is 16.2. The average molecular weight is 344 g/mol. The second-order valence-electron chi connectivity index (χ2n) is 8.25. The van der Waals surface area contributed by atoms with Crippen LogP contribution in [0.15, 0.2) is 18.2 Å². The summed E-state index contributed by atoms with van der Waals surface area (Å²) >= 11 is 0. The number of likely N-dealkylation sites (tertiary alicyclic amines) is 1. The van der Waals surface area contributed by atoms with Gasteiger partial charge in [0.1, 0.15) is 0 Å². The second kappa shape index (κ2) is 7.36. The molecule has 1 N–H and O–H groups in total. The first-order valence-electron chi connectivity index (χ1n) is 9.75. The van der Waals surface area contributed by atoms with Crippen LogP contribution in [0.25, 0.3) is 0 Å². The van der Waals surface area contributed by atoms with Gasteiger partial charge in [0.2, 0.25) is 0 Å². The molecule has 0 aromatic heterocycles. The van der Waals surface area contributed by atoms with Crippen LogP contribution in [0.5, 0.6) is 0 Å². The number of benzene rings is 1. The molecule has 3 atom stereocenters. The average Bonchev–Trinajstić information content (AvgIpc) is 2.81. The Labute approximate surface area is 152 Å². The summed E-state index contributed by atoms with van der Waals surface area (Å²) in [7, 11) is 2.22. The van der Waals surface area contributed by atoms with Gasteiger partial charge in [-0.1, -0.05) is 19.9 Å². The molecule has 1 aromatic rings. The number of nitrogens with zero attached hydrogens (tertiary/aromatic N) is 2. The molecular formula is C21H33N3O. The van der Waals surface area contributed by atoms with Crippen LogP contribution in [-0.2, 0) is 0 Å². The number of carbonyl (C=O) groups is 1. The monoisotopic (exact) mass is 343 g/mol. The molecule has 0 radical (unpaired) electrons. The van der Waals surface area contributed by atoms with Gasteiger partial charge >= 0.3 is 0 Å². The minimum Gasteiger partial charge on any atom is -0.382 e. The zero-order valence-electron chi connectivity index (χ0n) is 16.4. The van der Waals surface area contributed by atoms with Crippen molar-refractivity contribution in [2.75, 3.05) is 25.5 Å². The first kappa shape index (κ1) is 18.2. The molecule has 2 saturated heterocycles. The summed E-state index contributed by atoms with van der Waals surface area (Å²) < 4.78 is 0. The van der Waals surface area contributed by atoms with Gasteiger partial charge in [-0.2, -0.15) is 0 Å². The normalized spacial score (nSPS) is 25.1. The van der Waals surface area contributed by atoms with E-state index in [1.165, 1.54) is 12.8 Å². The third-order valence-corrected chi connectivity index (χ3v) is 6.38. The van der Waals surface area contributed by atoms with Crippen LogP contribution in [0, 0.1) is 12.8 Å². The summed E-state index contributed by atoms with van der Waals surface area (Å²) in [5.41, 5.74) is 3.00. The Morgan fingerprint density at radius 1 is 1.16 bits per heavy atom.